The first-order valence-corrected chi connectivity index (χ1v) is 7.54. The summed E-state index contributed by atoms with van der Waals surface area (Å²) >= 11 is 1.80. The van der Waals surface area contributed by atoms with Gasteiger partial charge in [0.25, 0.3) is 0 Å². The summed E-state index contributed by atoms with van der Waals surface area (Å²) in [6, 6.07) is 3.05. The predicted molar refractivity (Wildman–Crippen MR) is 79.7 cm³/mol. The van der Waals surface area contributed by atoms with Crippen LogP contribution in [0.1, 0.15) is 12.0 Å². The van der Waals surface area contributed by atoms with Gasteiger partial charge >= 0.3 is 0 Å². The van der Waals surface area contributed by atoms with E-state index in [-0.39, 0.29) is 12.4 Å². The SMILES string of the molecule is Cl.c1cc(CN2CCN(C3CCNC3)CC2)cs1. The van der Waals surface area contributed by atoms with Gasteiger partial charge in [0, 0.05) is 45.3 Å². The second-order valence-electron chi connectivity index (χ2n) is 5.09. The third-order valence-electron chi connectivity index (χ3n) is 3.94. The van der Waals surface area contributed by atoms with Crippen LogP contribution in [0.4, 0.5) is 0 Å². The lowest BCUT2D eigenvalue weighted by Crippen LogP contribution is -2.50. The van der Waals surface area contributed by atoms with Gasteiger partial charge in [0.2, 0.25) is 0 Å². The van der Waals surface area contributed by atoms with E-state index in [0.717, 1.165) is 12.6 Å². The van der Waals surface area contributed by atoms with Crippen LogP contribution in [-0.4, -0.2) is 55.1 Å². The monoisotopic (exact) mass is 287 g/mol. The van der Waals surface area contributed by atoms with Crippen LogP contribution in [0.2, 0.25) is 0 Å². The van der Waals surface area contributed by atoms with Crippen LogP contribution in [0.5, 0.6) is 0 Å². The molecule has 18 heavy (non-hydrogen) atoms. The zero-order valence-corrected chi connectivity index (χ0v) is 12.3. The highest BCUT2D eigenvalue weighted by Gasteiger charge is 2.25. The first kappa shape index (κ1) is 14.3. The molecule has 3 rings (SSSR count). The molecule has 3 nitrogen and oxygen atoms in total. The van der Waals surface area contributed by atoms with Gasteiger partial charge in [-0.05, 0) is 35.4 Å². The summed E-state index contributed by atoms with van der Waals surface area (Å²) in [7, 11) is 0. The Bertz CT molecular complexity index is 330. The van der Waals surface area contributed by atoms with Gasteiger partial charge in [-0.2, -0.15) is 11.3 Å². The zero-order chi connectivity index (χ0) is 11.5. The van der Waals surface area contributed by atoms with Gasteiger partial charge < -0.3 is 5.32 Å². The van der Waals surface area contributed by atoms with Crippen molar-refractivity contribution in [2.24, 2.45) is 0 Å². The van der Waals surface area contributed by atoms with Crippen LogP contribution in [0.15, 0.2) is 16.8 Å². The third-order valence-corrected chi connectivity index (χ3v) is 4.68. The molecule has 1 N–H and O–H groups in total. The van der Waals surface area contributed by atoms with E-state index in [4.69, 9.17) is 0 Å². The Kier molecular flexibility index (Phi) is 5.45. The first-order valence-electron chi connectivity index (χ1n) is 6.60. The molecule has 0 aromatic carbocycles. The number of hydrogen-bond donors (Lipinski definition) is 1. The molecule has 2 aliphatic heterocycles. The quantitative estimate of drug-likeness (QED) is 0.912. The fourth-order valence-electron chi connectivity index (χ4n) is 2.88. The Morgan fingerprint density at radius 1 is 1.28 bits per heavy atom. The third kappa shape index (κ3) is 3.45. The maximum absolute atomic E-state index is 3.46. The average molecular weight is 288 g/mol. The predicted octanol–water partition coefficient (Wildman–Crippen LogP) is 1.65. The summed E-state index contributed by atoms with van der Waals surface area (Å²) in [6.07, 6.45) is 1.34. The van der Waals surface area contributed by atoms with Crippen molar-refractivity contribution in [1.82, 2.24) is 15.1 Å². The smallest absolute Gasteiger partial charge is 0.0243 e. The lowest BCUT2D eigenvalue weighted by atomic mass is 10.2. The molecule has 1 aromatic heterocycles. The lowest BCUT2D eigenvalue weighted by Gasteiger charge is -2.37. The summed E-state index contributed by atoms with van der Waals surface area (Å²) in [5.41, 5.74) is 1.48. The zero-order valence-electron chi connectivity index (χ0n) is 10.7. The molecule has 102 valence electrons. The lowest BCUT2D eigenvalue weighted by molar-refractivity contribution is 0.0982. The maximum Gasteiger partial charge on any atom is 0.0243 e. The van der Waals surface area contributed by atoms with Gasteiger partial charge in [-0.15, -0.1) is 12.4 Å². The average Bonchev–Trinajstić information content (AvgIpc) is 3.01. The van der Waals surface area contributed by atoms with Gasteiger partial charge in [-0.3, -0.25) is 9.80 Å². The minimum absolute atomic E-state index is 0. The molecule has 1 unspecified atom stereocenters. The molecule has 0 amide bonds. The molecule has 0 saturated carbocycles. The van der Waals surface area contributed by atoms with E-state index < -0.39 is 0 Å². The van der Waals surface area contributed by atoms with E-state index in [0.29, 0.717) is 0 Å². The second kappa shape index (κ2) is 6.87. The van der Waals surface area contributed by atoms with Gasteiger partial charge in [-0.1, -0.05) is 0 Å². The van der Waals surface area contributed by atoms with Crippen LogP contribution in [0.3, 0.4) is 0 Å². The molecule has 0 spiro atoms. The van der Waals surface area contributed by atoms with Crippen LogP contribution in [-0.2, 0) is 6.54 Å². The molecular formula is C13H22ClN3S. The van der Waals surface area contributed by atoms with Crippen molar-refractivity contribution in [3.05, 3.63) is 22.4 Å². The molecule has 3 heterocycles. The Labute approximate surface area is 120 Å². The van der Waals surface area contributed by atoms with Gasteiger partial charge in [0.15, 0.2) is 0 Å². The standard InChI is InChI=1S/C13H21N3S.ClH/c1-3-14-9-13(1)16-6-4-15(5-7-16)10-12-2-8-17-11-12;/h2,8,11,13-14H,1,3-7,9-10H2;1H. The molecule has 0 aliphatic carbocycles. The molecular weight excluding hydrogens is 266 g/mol. The largest absolute Gasteiger partial charge is 0.315 e. The number of nitrogens with one attached hydrogen (secondary N) is 1. The number of rotatable bonds is 3. The molecule has 1 atom stereocenters. The topological polar surface area (TPSA) is 18.5 Å². The molecule has 2 aliphatic rings. The molecule has 1 aromatic rings. The highest BCUT2D eigenvalue weighted by molar-refractivity contribution is 7.07. The molecule has 2 fully saturated rings. The Balaban J connectivity index is 0.00000120. The number of hydrogen-bond acceptors (Lipinski definition) is 4. The van der Waals surface area contributed by atoms with Crippen molar-refractivity contribution in [3.8, 4) is 0 Å². The number of halogens is 1. The van der Waals surface area contributed by atoms with Crippen LogP contribution >= 0.6 is 23.7 Å². The van der Waals surface area contributed by atoms with Gasteiger partial charge in [0.1, 0.15) is 0 Å². The van der Waals surface area contributed by atoms with E-state index >= 15 is 0 Å². The Morgan fingerprint density at radius 2 is 2.11 bits per heavy atom. The minimum atomic E-state index is 0. The summed E-state index contributed by atoms with van der Waals surface area (Å²) in [5, 5.41) is 7.91. The van der Waals surface area contributed by atoms with E-state index in [2.05, 4.69) is 31.9 Å². The van der Waals surface area contributed by atoms with Crippen molar-refractivity contribution in [1.29, 1.82) is 0 Å². The van der Waals surface area contributed by atoms with Gasteiger partial charge in [-0.25, -0.2) is 0 Å². The highest BCUT2D eigenvalue weighted by Crippen LogP contribution is 2.15. The van der Waals surface area contributed by atoms with Crippen LogP contribution in [0, 0.1) is 0 Å². The molecule has 2 saturated heterocycles. The number of piperazine rings is 1. The van der Waals surface area contributed by atoms with Crippen LogP contribution in [0.25, 0.3) is 0 Å². The van der Waals surface area contributed by atoms with E-state index in [1.807, 2.05) is 0 Å². The Morgan fingerprint density at radius 3 is 2.72 bits per heavy atom. The molecule has 0 bridgehead atoms. The summed E-state index contributed by atoms with van der Waals surface area (Å²) in [5.74, 6) is 0. The van der Waals surface area contributed by atoms with Crippen molar-refractivity contribution < 1.29 is 0 Å². The fraction of sp³-hybridized carbons (Fsp3) is 0.692. The highest BCUT2D eigenvalue weighted by atomic mass is 35.5. The minimum Gasteiger partial charge on any atom is -0.315 e. The molecule has 0 radical (unpaired) electrons. The van der Waals surface area contributed by atoms with Crippen molar-refractivity contribution in [2.45, 2.75) is 19.0 Å². The normalized spacial score (nSPS) is 26.1. The van der Waals surface area contributed by atoms with E-state index in [1.54, 1.807) is 11.3 Å². The van der Waals surface area contributed by atoms with Crippen molar-refractivity contribution in [2.75, 3.05) is 39.3 Å². The van der Waals surface area contributed by atoms with Crippen molar-refractivity contribution >= 4 is 23.7 Å². The number of nitrogens with zero attached hydrogens (tertiary/aromatic N) is 2. The molecule has 5 heteroatoms. The van der Waals surface area contributed by atoms with Gasteiger partial charge in [0.05, 0.1) is 0 Å². The van der Waals surface area contributed by atoms with E-state index in [1.165, 1.54) is 51.3 Å². The van der Waals surface area contributed by atoms with Crippen LogP contribution < -0.4 is 5.32 Å². The first-order chi connectivity index (χ1) is 8.42. The van der Waals surface area contributed by atoms with Crippen molar-refractivity contribution in [3.63, 3.8) is 0 Å². The van der Waals surface area contributed by atoms with E-state index in [9.17, 15) is 0 Å². The maximum atomic E-state index is 3.46. The number of thiophene rings is 1. The summed E-state index contributed by atoms with van der Waals surface area (Å²) < 4.78 is 0. The summed E-state index contributed by atoms with van der Waals surface area (Å²) in [4.78, 5) is 5.26. The second-order valence-corrected chi connectivity index (χ2v) is 5.87. The summed E-state index contributed by atoms with van der Waals surface area (Å²) in [6.45, 7) is 8.50. The fourth-order valence-corrected chi connectivity index (χ4v) is 3.54. The Hall–Kier alpha value is -0.130.